The van der Waals surface area contributed by atoms with Crippen LogP contribution in [0.5, 0.6) is 0 Å². The van der Waals surface area contributed by atoms with E-state index in [1.54, 1.807) is 12.1 Å². The van der Waals surface area contributed by atoms with Crippen molar-refractivity contribution in [1.82, 2.24) is 4.57 Å². The molecule has 3 aromatic rings. The number of benzene rings is 2. The van der Waals surface area contributed by atoms with Crippen LogP contribution < -0.4 is 0 Å². The molecule has 1 heterocycles. The van der Waals surface area contributed by atoms with Gasteiger partial charge in [0.15, 0.2) is 0 Å². The number of halogens is 1. The summed E-state index contributed by atoms with van der Waals surface area (Å²) in [4.78, 5) is 24.2. The number of carbonyl (C=O) groups is 2. The number of hydrogen-bond donors (Lipinski definition) is 0. The first-order chi connectivity index (χ1) is 12.5. The summed E-state index contributed by atoms with van der Waals surface area (Å²) in [5.74, 6) is -1.27. The molecule has 0 bridgehead atoms. The highest BCUT2D eigenvalue weighted by atomic mass is 35.5. The van der Waals surface area contributed by atoms with Crippen LogP contribution in [0.1, 0.15) is 5.69 Å². The van der Waals surface area contributed by atoms with Crippen LogP contribution >= 0.6 is 11.6 Å². The van der Waals surface area contributed by atoms with Crippen molar-refractivity contribution in [3.8, 4) is 5.69 Å². The first-order valence-corrected chi connectivity index (χ1v) is 8.17. The van der Waals surface area contributed by atoms with E-state index in [4.69, 9.17) is 21.1 Å². The van der Waals surface area contributed by atoms with Crippen LogP contribution in [0.2, 0.25) is 5.02 Å². The van der Waals surface area contributed by atoms with E-state index in [1.165, 1.54) is 14.2 Å². The second kappa shape index (κ2) is 7.45. The smallest absolute Gasteiger partial charge is 0.340 e. The summed E-state index contributed by atoms with van der Waals surface area (Å²) in [5, 5.41) is 2.32. The van der Waals surface area contributed by atoms with E-state index < -0.39 is 11.9 Å². The van der Waals surface area contributed by atoms with Crippen molar-refractivity contribution in [3.63, 3.8) is 0 Å². The summed E-state index contributed by atoms with van der Waals surface area (Å²) in [6, 6.07) is 14.8. The molecule has 0 aliphatic carbocycles. The van der Waals surface area contributed by atoms with E-state index in [2.05, 4.69) is 0 Å². The van der Waals surface area contributed by atoms with Crippen LogP contribution in [0.4, 0.5) is 0 Å². The van der Waals surface area contributed by atoms with E-state index in [1.807, 2.05) is 47.2 Å². The van der Waals surface area contributed by atoms with Crippen LogP contribution in [0.25, 0.3) is 22.0 Å². The van der Waals surface area contributed by atoms with E-state index in [-0.39, 0.29) is 5.57 Å². The fraction of sp³-hybridized carbons (Fsp3) is 0.100. The number of carbonyl (C=O) groups excluding carboxylic acids is 2. The minimum absolute atomic E-state index is 0.107. The van der Waals surface area contributed by atoms with Gasteiger partial charge in [0.2, 0.25) is 0 Å². The highest BCUT2D eigenvalue weighted by molar-refractivity contribution is 6.30. The lowest BCUT2D eigenvalue weighted by atomic mass is 10.1. The SMILES string of the molecule is COC(=O)/C=C(/C(=O)OC)c1c2ccccc2cn1-c1ccc(Cl)cc1. The van der Waals surface area contributed by atoms with Gasteiger partial charge >= 0.3 is 11.9 Å². The summed E-state index contributed by atoms with van der Waals surface area (Å²) >= 11 is 5.98. The summed E-state index contributed by atoms with van der Waals surface area (Å²) < 4.78 is 11.4. The van der Waals surface area contributed by atoms with Crippen molar-refractivity contribution in [2.45, 2.75) is 0 Å². The molecule has 0 fully saturated rings. The molecule has 132 valence electrons. The third-order valence-corrected chi connectivity index (χ3v) is 4.21. The van der Waals surface area contributed by atoms with Crippen LogP contribution in [-0.4, -0.2) is 30.7 Å². The molecule has 26 heavy (non-hydrogen) atoms. The van der Waals surface area contributed by atoms with Gasteiger partial charge in [-0.3, -0.25) is 0 Å². The normalized spacial score (nSPS) is 11.4. The number of hydrogen-bond acceptors (Lipinski definition) is 4. The Morgan fingerprint density at radius 2 is 1.69 bits per heavy atom. The largest absolute Gasteiger partial charge is 0.466 e. The molecule has 0 amide bonds. The number of methoxy groups -OCH3 is 2. The van der Waals surface area contributed by atoms with Gasteiger partial charge < -0.3 is 14.0 Å². The van der Waals surface area contributed by atoms with E-state index in [9.17, 15) is 9.59 Å². The number of fused-ring (bicyclic) bond motifs is 1. The van der Waals surface area contributed by atoms with Crippen molar-refractivity contribution >= 4 is 39.9 Å². The van der Waals surface area contributed by atoms with Crippen molar-refractivity contribution in [3.05, 3.63) is 71.5 Å². The van der Waals surface area contributed by atoms with Crippen LogP contribution in [0.15, 0.2) is 60.8 Å². The molecule has 0 aliphatic rings. The fourth-order valence-electron chi connectivity index (χ4n) is 2.75. The second-order valence-electron chi connectivity index (χ2n) is 5.48. The zero-order valence-corrected chi connectivity index (χ0v) is 15.0. The predicted molar refractivity (Wildman–Crippen MR) is 100 cm³/mol. The minimum atomic E-state index is -0.640. The van der Waals surface area contributed by atoms with Gasteiger partial charge in [-0.15, -0.1) is 0 Å². The predicted octanol–water partition coefficient (Wildman–Crippen LogP) is 4.01. The molecule has 6 heteroatoms. The van der Waals surface area contributed by atoms with Gasteiger partial charge in [-0.05, 0) is 24.3 Å². The van der Waals surface area contributed by atoms with Gasteiger partial charge in [0.1, 0.15) is 0 Å². The van der Waals surface area contributed by atoms with Gasteiger partial charge in [-0.2, -0.15) is 0 Å². The number of ether oxygens (including phenoxy) is 2. The Labute approximate surface area is 155 Å². The number of nitrogens with zero attached hydrogens (tertiary/aromatic N) is 1. The van der Waals surface area contributed by atoms with E-state index >= 15 is 0 Å². The Kier molecular flexibility index (Phi) is 5.09. The monoisotopic (exact) mass is 369 g/mol. The highest BCUT2D eigenvalue weighted by Crippen LogP contribution is 2.31. The summed E-state index contributed by atoms with van der Waals surface area (Å²) in [7, 11) is 2.52. The molecule has 1 aromatic heterocycles. The number of aromatic nitrogens is 1. The maximum absolute atomic E-state index is 12.4. The third kappa shape index (κ3) is 3.34. The Hall–Kier alpha value is -3.05. The summed E-state index contributed by atoms with van der Waals surface area (Å²) in [5.41, 5.74) is 1.44. The number of esters is 2. The molecule has 0 saturated heterocycles. The minimum Gasteiger partial charge on any atom is -0.466 e. The zero-order chi connectivity index (χ0) is 18.7. The average Bonchev–Trinajstić information content (AvgIpc) is 3.05. The molecule has 5 nitrogen and oxygen atoms in total. The van der Waals surface area contributed by atoms with Crippen LogP contribution in [0.3, 0.4) is 0 Å². The Morgan fingerprint density at radius 3 is 2.35 bits per heavy atom. The first kappa shape index (κ1) is 17.8. The molecule has 0 spiro atoms. The summed E-state index contributed by atoms with van der Waals surface area (Å²) in [6.07, 6.45) is 3.03. The van der Waals surface area contributed by atoms with Gasteiger partial charge in [-0.25, -0.2) is 9.59 Å². The van der Waals surface area contributed by atoms with Gasteiger partial charge in [0.05, 0.1) is 25.5 Å². The zero-order valence-electron chi connectivity index (χ0n) is 14.2. The lowest BCUT2D eigenvalue weighted by Crippen LogP contribution is -2.11. The molecule has 3 rings (SSSR count). The topological polar surface area (TPSA) is 57.5 Å². The van der Waals surface area contributed by atoms with Crippen molar-refractivity contribution in [1.29, 1.82) is 0 Å². The van der Waals surface area contributed by atoms with Crippen molar-refractivity contribution < 1.29 is 19.1 Å². The molecular formula is C20H16ClNO4. The lowest BCUT2D eigenvalue weighted by molar-refractivity contribution is -0.136. The second-order valence-corrected chi connectivity index (χ2v) is 5.92. The quantitative estimate of drug-likeness (QED) is 0.515. The van der Waals surface area contributed by atoms with Gasteiger partial charge in [0.25, 0.3) is 0 Å². The average molecular weight is 370 g/mol. The molecule has 0 radical (unpaired) electrons. The maximum atomic E-state index is 12.4. The van der Waals surface area contributed by atoms with Gasteiger partial charge in [-0.1, -0.05) is 35.9 Å². The van der Waals surface area contributed by atoms with Crippen LogP contribution in [0, 0.1) is 0 Å². The Morgan fingerprint density at radius 1 is 1.00 bits per heavy atom. The molecule has 0 N–H and O–H groups in total. The molecular weight excluding hydrogens is 354 g/mol. The Balaban J connectivity index is 2.33. The highest BCUT2D eigenvalue weighted by Gasteiger charge is 2.22. The molecule has 0 unspecified atom stereocenters. The molecule has 2 aromatic carbocycles. The maximum Gasteiger partial charge on any atom is 0.340 e. The third-order valence-electron chi connectivity index (χ3n) is 3.95. The van der Waals surface area contributed by atoms with Gasteiger partial charge in [0, 0.05) is 33.8 Å². The first-order valence-electron chi connectivity index (χ1n) is 7.79. The standard InChI is InChI=1S/C20H16ClNO4/c1-25-18(23)11-17(20(24)26-2)19-16-6-4-3-5-13(16)12-22(19)15-9-7-14(21)8-10-15/h3-12H,1-2H3/b17-11+. The molecule has 0 atom stereocenters. The van der Waals surface area contributed by atoms with E-state index in [0.717, 1.165) is 22.5 Å². The van der Waals surface area contributed by atoms with Crippen molar-refractivity contribution in [2.24, 2.45) is 0 Å². The molecule has 0 aliphatic heterocycles. The fourth-order valence-corrected chi connectivity index (χ4v) is 2.88. The molecule has 0 saturated carbocycles. The van der Waals surface area contributed by atoms with Crippen LogP contribution in [-0.2, 0) is 19.1 Å². The van der Waals surface area contributed by atoms with E-state index in [0.29, 0.717) is 10.7 Å². The van der Waals surface area contributed by atoms with Crippen molar-refractivity contribution in [2.75, 3.05) is 14.2 Å². The number of rotatable bonds is 4. The lowest BCUT2D eigenvalue weighted by Gasteiger charge is -2.12. The Bertz CT molecular complexity index is 1000. The summed E-state index contributed by atoms with van der Waals surface area (Å²) in [6.45, 7) is 0.